The highest BCUT2D eigenvalue weighted by Crippen LogP contribution is 2.34. The van der Waals surface area contributed by atoms with Gasteiger partial charge in [-0.3, -0.25) is 4.79 Å². The van der Waals surface area contributed by atoms with Crippen LogP contribution < -0.4 is 10.5 Å². The third kappa shape index (κ3) is 3.38. The number of nitrogens with two attached hydrogens (primary N) is 1. The molecule has 4 nitrogen and oxygen atoms in total. The van der Waals surface area contributed by atoms with E-state index >= 15 is 0 Å². The van der Waals surface area contributed by atoms with E-state index in [0.717, 1.165) is 25.0 Å². The topological polar surface area (TPSA) is 55.6 Å². The third-order valence-electron chi connectivity index (χ3n) is 4.24. The van der Waals surface area contributed by atoms with Crippen molar-refractivity contribution in [2.24, 2.45) is 5.73 Å². The maximum absolute atomic E-state index is 12.3. The Morgan fingerprint density at radius 2 is 2.14 bits per heavy atom. The second kappa shape index (κ2) is 6.94. The molecule has 0 saturated carbocycles. The lowest BCUT2D eigenvalue weighted by atomic mass is 9.87. The molecule has 2 N–H and O–H groups in total. The molecule has 21 heavy (non-hydrogen) atoms. The number of carbonyl (C=O) groups is 1. The van der Waals surface area contributed by atoms with E-state index in [4.69, 9.17) is 10.5 Å². The normalized spacial score (nSPS) is 18.8. The Morgan fingerprint density at radius 1 is 1.43 bits per heavy atom. The summed E-state index contributed by atoms with van der Waals surface area (Å²) in [4.78, 5) is 14.1. The minimum atomic E-state index is -0.463. The fourth-order valence-electron chi connectivity index (χ4n) is 3.00. The molecule has 0 aromatic heterocycles. The van der Waals surface area contributed by atoms with Crippen molar-refractivity contribution in [3.63, 3.8) is 0 Å². The SMILES string of the molecule is CCN(CC)C(=O)C(C)Oc1cccc2c1CCCC2N. The average molecular weight is 290 g/mol. The van der Waals surface area contributed by atoms with E-state index in [9.17, 15) is 4.79 Å². The molecule has 0 heterocycles. The van der Waals surface area contributed by atoms with Gasteiger partial charge in [0.15, 0.2) is 6.10 Å². The number of nitrogens with zero attached hydrogens (tertiary/aromatic N) is 1. The van der Waals surface area contributed by atoms with Gasteiger partial charge in [0.25, 0.3) is 5.91 Å². The molecule has 0 bridgehead atoms. The quantitative estimate of drug-likeness (QED) is 0.907. The summed E-state index contributed by atoms with van der Waals surface area (Å²) in [6.07, 6.45) is 2.61. The van der Waals surface area contributed by atoms with Gasteiger partial charge in [-0.1, -0.05) is 12.1 Å². The molecule has 0 saturated heterocycles. The van der Waals surface area contributed by atoms with Gasteiger partial charge in [0.2, 0.25) is 0 Å². The second-order valence-corrected chi connectivity index (χ2v) is 5.59. The predicted octanol–water partition coefficient (Wildman–Crippen LogP) is 2.66. The Labute approximate surface area is 127 Å². The first-order valence-corrected chi connectivity index (χ1v) is 7.91. The number of benzene rings is 1. The van der Waals surface area contributed by atoms with Crippen molar-refractivity contribution < 1.29 is 9.53 Å². The van der Waals surface area contributed by atoms with Crippen LogP contribution in [0.25, 0.3) is 0 Å². The molecule has 1 aliphatic carbocycles. The number of amides is 1. The average Bonchev–Trinajstić information content (AvgIpc) is 2.49. The van der Waals surface area contributed by atoms with Crippen LogP contribution in [-0.4, -0.2) is 30.0 Å². The molecule has 0 aliphatic heterocycles. The van der Waals surface area contributed by atoms with Gasteiger partial charge in [-0.05, 0) is 57.2 Å². The summed E-state index contributed by atoms with van der Waals surface area (Å²) in [5, 5.41) is 0. The fraction of sp³-hybridized carbons (Fsp3) is 0.588. The van der Waals surface area contributed by atoms with Crippen LogP contribution in [0.2, 0.25) is 0 Å². The first kappa shape index (κ1) is 15.8. The highest BCUT2D eigenvalue weighted by atomic mass is 16.5. The molecule has 2 rings (SSSR count). The second-order valence-electron chi connectivity index (χ2n) is 5.59. The van der Waals surface area contributed by atoms with Crippen molar-refractivity contribution in [2.45, 2.75) is 52.2 Å². The monoisotopic (exact) mass is 290 g/mol. The van der Waals surface area contributed by atoms with Crippen molar-refractivity contribution in [2.75, 3.05) is 13.1 Å². The number of carbonyl (C=O) groups excluding carboxylic acids is 1. The van der Waals surface area contributed by atoms with E-state index in [0.29, 0.717) is 13.1 Å². The summed E-state index contributed by atoms with van der Waals surface area (Å²) in [5.74, 6) is 0.855. The summed E-state index contributed by atoms with van der Waals surface area (Å²) < 4.78 is 5.96. The van der Waals surface area contributed by atoms with Gasteiger partial charge in [-0.2, -0.15) is 0 Å². The van der Waals surface area contributed by atoms with Crippen LogP contribution in [0.1, 0.15) is 50.8 Å². The largest absolute Gasteiger partial charge is 0.481 e. The number of likely N-dealkylation sites (N-methyl/N-ethyl adjacent to an activating group) is 1. The van der Waals surface area contributed by atoms with Gasteiger partial charge in [-0.15, -0.1) is 0 Å². The molecule has 1 aromatic rings. The molecular weight excluding hydrogens is 264 g/mol. The van der Waals surface area contributed by atoms with Crippen molar-refractivity contribution >= 4 is 5.91 Å². The van der Waals surface area contributed by atoms with Crippen LogP contribution in [0.15, 0.2) is 18.2 Å². The highest BCUT2D eigenvalue weighted by Gasteiger charge is 2.24. The molecule has 1 aliphatic rings. The molecule has 1 amide bonds. The van der Waals surface area contributed by atoms with Gasteiger partial charge in [0.1, 0.15) is 5.75 Å². The van der Waals surface area contributed by atoms with Crippen molar-refractivity contribution in [3.8, 4) is 5.75 Å². The lowest BCUT2D eigenvalue weighted by molar-refractivity contribution is -0.137. The van der Waals surface area contributed by atoms with Gasteiger partial charge in [0.05, 0.1) is 0 Å². The standard InChI is InChI=1S/C17H26N2O2/c1-4-19(5-2)17(20)12(3)21-16-11-7-8-13-14(16)9-6-10-15(13)18/h7-8,11-12,15H,4-6,9-10,18H2,1-3H3. The molecule has 1 aromatic carbocycles. The molecule has 4 heteroatoms. The van der Waals surface area contributed by atoms with Crippen molar-refractivity contribution in [1.29, 1.82) is 0 Å². The zero-order chi connectivity index (χ0) is 15.4. The van der Waals surface area contributed by atoms with Crippen LogP contribution in [0.4, 0.5) is 0 Å². The first-order valence-electron chi connectivity index (χ1n) is 7.91. The van der Waals surface area contributed by atoms with Crippen LogP contribution in [0.3, 0.4) is 0 Å². The molecule has 0 radical (unpaired) electrons. The Balaban J connectivity index is 2.16. The first-order chi connectivity index (χ1) is 10.1. The van der Waals surface area contributed by atoms with Crippen LogP contribution in [-0.2, 0) is 11.2 Å². The maximum Gasteiger partial charge on any atom is 0.263 e. The van der Waals surface area contributed by atoms with E-state index < -0.39 is 6.10 Å². The predicted molar refractivity (Wildman–Crippen MR) is 84.3 cm³/mol. The van der Waals surface area contributed by atoms with Crippen LogP contribution >= 0.6 is 0 Å². The number of hydrogen-bond donors (Lipinski definition) is 1. The Hall–Kier alpha value is -1.55. The van der Waals surface area contributed by atoms with E-state index in [-0.39, 0.29) is 11.9 Å². The van der Waals surface area contributed by atoms with Crippen LogP contribution in [0, 0.1) is 0 Å². The Morgan fingerprint density at radius 3 is 2.81 bits per heavy atom. The zero-order valence-corrected chi connectivity index (χ0v) is 13.3. The van der Waals surface area contributed by atoms with Gasteiger partial charge < -0.3 is 15.4 Å². The molecule has 2 atom stereocenters. The lowest BCUT2D eigenvalue weighted by Gasteiger charge is -2.27. The van der Waals surface area contributed by atoms with E-state index in [1.165, 1.54) is 11.1 Å². The Bertz CT molecular complexity index is 498. The molecule has 0 spiro atoms. The number of ether oxygens (including phenoxy) is 1. The maximum atomic E-state index is 12.3. The van der Waals surface area contributed by atoms with Gasteiger partial charge in [0, 0.05) is 19.1 Å². The zero-order valence-electron chi connectivity index (χ0n) is 13.3. The molecule has 0 fully saturated rings. The molecule has 116 valence electrons. The van der Waals surface area contributed by atoms with Gasteiger partial charge in [-0.25, -0.2) is 0 Å². The summed E-state index contributed by atoms with van der Waals surface area (Å²) in [6, 6.07) is 6.07. The Kier molecular flexibility index (Phi) is 5.23. The minimum absolute atomic E-state index is 0.0395. The number of fused-ring (bicyclic) bond motifs is 1. The smallest absolute Gasteiger partial charge is 0.263 e. The van der Waals surface area contributed by atoms with E-state index in [1.807, 2.05) is 32.9 Å². The number of hydrogen-bond acceptors (Lipinski definition) is 3. The van der Waals surface area contributed by atoms with Crippen molar-refractivity contribution in [3.05, 3.63) is 29.3 Å². The summed E-state index contributed by atoms with van der Waals surface area (Å²) in [5.41, 5.74) is 8.51. The summed E-state index contributed by atoms with van der Waals surface area (Å²) >= 11 is 0. The summed E-state index contributed by atoms with van der Waals surface area (Å²) in [6.45, 7) is 7.21. The molecular formula is C17H26N2O2. The summed E-state index contributed by atoms with van der Waals surface area (Å²) in [7, 11) is 0. The lowest BCUT2D eigenvalue weighted by Crippen LogP contribution is -2.40. The number of rotatable bonds is 5. The van der Waals surface area contributed by atoms with Crippen molar-refractivity contribution in [1.82, 2.24) is 4.90 Å². The van der Waals surface area contributed by atoms with E-state index in [1.54, 1.807) is 4.90 Å². The molecule has 2 unspecified atom stereocenters. The fourth-order valence-corrected chi connectivity index (χ4v) is 3.00. The third-order valence-corrected chi connectivity index (χ3v) is 4.24. The van der Waals surface area contributed by atoms with E-state index in [2.05, 4.69) is 6.07 Å². The minimum Gasteiger partial charge on any atom is -0.481 e. The highest BCUT2D eigenvalue weighted by molar-refractivity contribution is 5.80. The van der Waals surface area contributed by atoms with Crippen LogP contribution in [0.5, 0.6) is 5.75 Å². The van der Waals surface area contributed by atoms with Gasteiger partial charge >= 0.3 is 0 Å².